The molecule has 0 aliphatic heterocycles. The van der Waals surface area contributed by atoms with Crippen LogP contribution in [0.1, 0.15) is 50.5 Å². The van der Waals surface area contributed by atoms with Gasteiger partial charge in [-0.05, 0) is 73.2 Å². The van der Waals surface area contributed by atoms with Gasteiger partial charge in [-0.15, -0.1) is 0 Å². The van der Waals surface area contributed by atoms with Crippen LogP contribution in [0.4, 0.5) is 11.4 Å². The number of carbonyl (C=O) groups is 2. The van der Waals surface area contributed by atoms with E-state index in [1.54, 1.807) is 30.3 Å². The lowest BCUT2D eigenvalue weighted by atomic mass is 10.0. The number of pyridine rings is 1. The maximum atomic E-state index is 13.8. The topological polar surface area (TPSA) is 120 Å². The Morgan fingerprint density at radius 2 is 1.77 bits per heavy atom. The van der Waals surface area contributed by atoms with E-state index in [0.29, 0.717) is 17.7 Å². The highest BCUT2D eigenvalue weighted by molar-refractivity contribution is 6.10. The van der Waals surface area contributed by atoms with Gasteiger partial charge in [0, 0.05) is 28.3 Å². The zero-order valence-electron chi connectivity index (χ0n) is 23.3. The first-order valence-corrected chi connectivity index (χ1v) is 13.8. The van der Waals surface area contributed by atoms with E-state index in [-0.39, 0.29) is 17.5 Å². The van der Waals surface area contributed by atoms with Crippen molar-refractivity contribution in [3.05, 3.63) is 137 Å². The molecule has 8 nitrogen and oxygen atoms in total. The third-order valence-electron chi connectivity index (χ3n) is 7.43. The fraction of sp³-hybridized carbons (Fsp3) is 0.0857. The number of nitrogens with zero attached hydrogens (tertiary/aromatic N) is 3. The van der Waals surface area contributed by atoms with Gasteiger partial charge in [-0.25, -0.2) is 4.79 Å². The number of carboxylic acids is 1. The van der Waals surface area contributed by atoms with Crippen LogP contribution < -0.4 is 10.6 Å². The van der Waals surface area contributed by atoms with Crippen LogP contribution in [0.5, 0.6) is 0 Å². The molecule has 0 aliphatic carbocycles. The van der Waals surface area contributed by atoms with Gasteiger partial charge in [-0.1, -0.05) is 42.5 Å². The molecular weight excluding hydrogens is 538 g/mol. The predicted molar refractivity (Wildman–Crippen MR) is 167 cm³/mol. The smallest absolute Gasteiger partial charge is 0.335 e. The number of benzene rings is 4. The van der Waals surface area contributed by atoms with Gasteiger partial charge in [0.25, 0.3) is 5.91 Å². The second kappa shape index (κ2) is 11.5. The highest BCUT2D eigenvalue weighted by Gasteiger charge is 2.19. The highest BCUT2D eigenvalue weighted by atomic mass is 16.4. The van der Waals surface area contributed by atoms with E-state index in [1.807, 2.05) is 78.4 Å². The summed E-state index contributed by atoms with van der Waals surface area (Å²) in [5.74, 6) is -1.26. The van der Waals surface area contributed by atoms with E-state index in [1.165, 1.54) is 12.1 Å². The third-order valence-corrected chi connectivity index (χ3v) is 7.43. The number of aromatic carboxylic acids is 1. The van der Waals surface area contributed by atoms with Crippen molar-refractivity contribution in [2.45, 2.75) is 19.5 Å². The number of carboxylic acid groups (broad SMARTS) is 1. The van der Waals surface area contributed by atoms with E-state index in [2.05, 4.69) is 16.7 Å². The molecule has 0 spiro atoms. The second-order valence-electron chi connectivity index (χ2n) is 10.3. The molecule has 4 aromatic carbocycles. The maximum Gasteiger partial charge on any atom is 0.335 e. The number of anilines is 2. The zero-order valence-corrected chi connectivity index (χ0v) is 23.3. The van der Waals surface area contributed by atoms with Crippen LogP contribution in [-0.4, -0.2) is 26.5 Å². The number of nitriles is 1. The van der Waals surface area contributed by atoms with Crippen molar-refractivity contribution in [3.8, 4) is 6.07 Å². The Morgan fingerprint density at radius 1 is 0.953 bits per heavy atom. The third kappa shape index (κ3) is 5.65. The SMILES string of the molecule is C[C@H](NC(=O)c1ccc(Nc2cccc(C#N)c2)c2ccn(Cc3ccc4ccccc4n3)c12)c1ccc(C(=O)O)cc1. The molecule has 6 aromatic rings. The van der Waals surface area contributed by atoms with Crippen molar-refractivity contribution in [3.63, 3.8) is 0 Å². The average molecular weight is 566 g/mol. The van der Waals surface area contributed by atoms with Crippen LogP contribution in [-0.2, 0) is 6.54 Å². The summed E-state index contributed by atoms with van der Waals surface area (Å²) in [5, 5.41) is 26.9. The molecule has 0 radical (unpaired) electrons. The fourth-order valence-corrected chi connectivity index (χ4v) is 5.21. The molecule has 6 rings (SSSR count). The number of hydrogen-bond acceptors (Lipinski definition) is 5. The first kappa shape index (κ1) is 27.2. The molecule has 0 saturated heterocycles. The minimum atomic E-state index is -1.000. The molecule has 0 unspecified atom stereocenters. The van der Waals surface area contributed by atoms with E-state index in [9.17, 15) is 20.0 Å². The van der Waals surface area contributed by atoms with Crippen LogP contribution in [0.3, 0.4) is 0 Å². The number of aromatic nitrogens is 2. The molecule has 43 heavy (non-hydrogen) atoms. The lowest BCUT2D eigenvalue weighted by molar-refractivity contribution is 0.0696. The second-order valence-corrected chi connectivity index (χ2v) is 10.3. The first-order valence-electron chi connectivity index (χ1n) is 13.8. The molecule has 2 heterocycles. The summed E-state index contributed by atoms with van der Waals surface area (Å²) in [5.41, 5.74) is 6.07. The molecule has 0 bridgehead atoms. The van der Waals surface area contributed by atoms with Gasteiger partial charge in [-0.3, -0.25) is 9.78 Å². The van der Waals surface area contributed by atoms with E-state index in [4.69, 9.17) is 4.98 Å². The number of amides is 1. The molecule has 2 aromatic heterocycles. The summed E-state index contributed by atoms with van der Waals surface area (Å²) in [6.07, 6.45) is 1.95. The Labute approximate surface area is 247 Å². The quantitative estimate of drug-likeness (QED) is 0.182. The van der Waals surface area contributed by atoms with Gasteiger partial charge in [0.05, 0.1) is 52.1 Å². The van der Waals surface area contributed by atoms with Gasteiger partial charge in [0.1, 0.15) is 0 Å². The van der Waals surface area contributed by atoms with Gasteiger partial charge < -0.3 is 20.3 Å². The maximum absolute atomic E-state index is 13.8. The molecular formula is C35H27N5O3. The van der Waals surface area contributed by atoms with Crippen molar-refractivity contribution in [2.24, 2.45) is 0 Å². The summed E-state index contributed by atoms with van der Waals surface area (Å²) in [6.45, 7) is 2.31. The van der Waals surface area contributed by atoms with Gasteiger partial charge in [0.2, 0.25) is 0 Å². The molecule has 3 N–H and O–H groups in total. The summed E-state index contributed by atoms with van der Waals surface area (Å²) in [7, 11) is 0. The number of fused-ring (bicyclic) bond motifs is 2. The van der Waals surface area contributed by atoms with Crippen LogP contribution in [0.15, 0.2) is 109 Å². The van der Waals surface area contributed by atoms with Crippen molar-refractivity contribution in [2.75, 3.05) is 5.32 Å². The summed E-state index contributed by atoms with van der Waals surface area (Å²) >= 11 is 0. The van der Waals surface area contributed by atoms with Gasteiger partial charge in [0.15, 0.2) is 0 Å². The number of hydrogen-bond donors (Lipinski definition) is 3. The van der Waals surface area contributed by atoms with Gasteiger partial charge in [-0.2, -0.15) is 5.26 Å². The number of carbonyl (C=O) groups excluding carboxylic acids is 1. The van der Waals surface area contributed by atoms with Crippen LogP contribution in [0, 0.1) is 11.3 Å². The average Bonchev–Trinajstić information content (AvgIpc) is 3.45. The van der Waals surface area contributed by atoms with Crippen LogP contribution in [0.25, 0.3) is 21.8 Å². The monoisotopic (exact) mass is 565 g/mol. The lowest BCUT2D eigenvalue weighted by Crippen LogP contribution is -2.27. The Bertz CT molecular complexity index is 2040. The number of nitrogens with one attached hydrogen (secondary N) is 2. The van der Waals surface area contributed by atoms with Crippen molar-refractivity contribution in [1.82, 2.24) is 14.9 Å². The van der Waals surface area contributed by atoms with Crippen LogP contribution >= 0.6 is 0 Å². The standard InChI is InChI=1S/C35H27N5O3/c1-22(24-9-11-26(12-10-24)35(42)43)37-34(41)30-15-16-32(38-27-7-4-5-23(19-27)20-36)29-17-18-40(33(29)30)21-28-14-13-25-6-2-3-8-31(25)39-28/h2-19,22,38H,21H2,1H3,(H,37,41)(H,42,43)/t22-/m0/s1. The molecule has 1 atom stereocenters. The Balaban J connectivity index is 1.37. The molecule has 8 heteroatoms. The zero-order chi connectivity index (χ0) is 29.9. The summed E-state index contributed by atoms with van der Waals surface area (Å²) in [6, 6.07) is 33.1. The number of rotatable bonds is 8. The Hall–Kier alpha value is -5.94. The normalized spacial score (nSPS) is 11.6. The Morgan fingerprint density at radius 3 is 2.56 bits per heavy atom. The van der Waals surface area contributed by atoms with Crippen molar-refractivity contribution < 1.29 is 14.7 Å². The van der Waals surface area contributed by atoms with Gasteiger partial charge >= 0.3 is 5.97 Å². The largest absolute Gasteiger partial charge is 0.478 e. The first-order chi connectivity index (χ1) is 20.9. The minimum absolute atomic E-state index is 0.188. The van der Waals surface area contributed by atoms with E-state index < -0.39 is 5.97 Å². The summed E-state index contributed by atoms with van der Waals surface area (Å²) in [4.78, 5) is 29.8. The van der Waals surface area contributed by atoms with Crippen molar-refractivity contribution >= 4 is 45.1 Å². The fourth-order valence-electron chi connectivity index (χ4n) is 5.21. The molecule has 0 fully saturated rings. The lowest BCUT2D eigenvalue weighted by Gasteiger charge is -2.17. The van der Waals surface area contributed by atoms with E-state index in [0.717, 1.165) is 44.4 Å². The highest BCUT2D eigenvalue weighted by Crippen LogP contribution is 2.32. The Kier molecular flexibility index (Phi) is 7.29. The molecule has 0 saturated carbocycles. The number of para-hydroxylation sites is 1. The summed E-state index contributed by atoms with van der Waals surface area (Å²) < 4.78 is 2.02. The minimum Gasteiger partial charge on any atom is -0.478 e. The molecule has 1 amide bonds. The molecule has 0 aliphatic rings. The molecule has 210 valence electrons. The van der Waals surface area contributed by atoms with Crippen molar-refractivity contribution in [1.29, 1.82) is 5.26 Å². The van der Waals surface area contributed by atoms with Crippen LogP contribution in [0.2, 0.25) is 0 Å². The predicted octanol–water partition coefficient (Wildman–Crippen LogP) is 7.04. The van der Waals surface area contributed by atoms with E-state index >= 15 is 0 Å².